The number of benzene rings is 1. The molecule has 1 fully saturated rings. The Hall–Kier alpha value is -1.61. The summed E-state index contributed by atoms with van der Waals surface area (Å²) in [6.07, 6.45) is -5.41. The lowest BCUT2D eigenvalue weighted by atomic mass is 10.1. The first-order valence-electron chi connectivity index (χ1n) is 7.83. The molecule has 0 heterocycles. The van der Waals surface area contributed by atoms with Crippen LogP contribution in [0.25, 0.3) is 0 Å². The molecule has 1 aromatic rings. The van der Waals surface area contributed by atoms with Gasteiger partial charge in [0.25, 0.3) is 0 Å². The average molecular weight is 380 g/mol. The van der Waals surface area contributed by atoms with Gasteiger partial charge < -0.3 is 9.84 Å². The number of carbonyl (C=O) groups is 1. The van der Waals surface area contributed by atoms with Crippen molar-refractivity contribution in [3.05, 3.63) is 29.8 Å². The third-order valence-electron chi connectivity index (χ3n) is 4.25. The van der Waals surface area contributed by atoms with Crippen LogP contribution in [0.1, 0.15) is 31.7 Å². The number of sulfone groups is 1. The first-order valence-corrected chi connectivity index (χ1v) is 9.38. The zero-order chi connectivity index (χ0) is 18.8. The average Bonchev–Trinajstić information content (AvgIpc) is 2.97. The topological polar surface area (TPSA) is 80.7 Å². The number of carboxylic acids is 1. The maximum Gasteiger partial charge on any atom is 0.417 e. The molecule has 1 saturated carbocycles. The summed E-state index contributed by atoms with van der Waals surface area (Å²) >= 11 is 0. The predicted molar refractivity (Wildman–Crippen MR) is 82.8 cm³/mol. The van der Waals surface area contributed by atoms with Gasteiger partial charge in [0.15, 0.2) is 9.84 Å². The lowest BCUT2D eigenvalue weighted by molar-refractivity contribution is -0.146. The lowest BCUT2D eigenvalue weighted by Crippen LogP contribution is -2.25. The van der Waals surface area contributed by atoms with Gasteiger partial charge in [-0.25, -0.2) is 8.42 Å². The van der Waals surface area contributed by atoms with Crippen molar-refractivity contribution in [1.82, 2.24) is 0 Å². The van der Waals surface area contributed by atoms with Gasteiger partial charge in [-0.1, -0.05) is 19.1 Å². The minimum atomic E-state index is -4.81. The second-order valence-electron chi connectivity index (χ2n) is 5.99. The van der Waals surface area contributed by atoms with E-state index in [0.29, 0.717) is 12.5 Å². The van der Waals surface area contributed by atoms with Gasteiger partial charge in [0.2, 0.25) is 0 Å². The monoisotopic (exact) mass is 380 g/mol. The molecule has 3 atom stereocenters. The van der Waals surface area contributed by atoms with Gasteiger partial charge in [-0.2, -0.15) is 13.2 Å². The van der Waals surface area contributed by atoms with Crippen molar-refractivity contribution in [3.8, 4) is 0 Å². The standard InChI is InChI=1S/C16H19F3O5S/c1-2-7-24-13-9-10(8-11(13)15(20)21)25(22,23)14-6-4-3-5-12(14)16(17,18)19/h3-6,10-11,13H,2,7-9H2,1H3,(H,20,21)/t10-,11-,13-/m0/s1. The molecule has 0 bridgehead atoms. The first-order chi connectivity index (χ1) is 11.6. The number of hydrogen-bond acceptors (Lipinski definition) is 4. The number of halogens is 3. The highest BCUT2D eigenvalue weighted by Crippen LogP contribution is 2.40. The van der Waals surface area contributed by atoms with Gasteiger partial charge in [-0.15, -0.1) is 0 Å². The van der Waals surface area contributed by atoms with Crippen molar-refractivity contribution >= 4 is 15.8 Å². The number of hydrogen-bond donors (Lipinski definition) is 1. The van der Waals surface area contributed by atoms with Crippen LogP contribution in [0.3, 0.4) is 0 Å². The quantitative estimate of drug-likeness (QED) is 0.820. The molecule has 1 aliphatic rings. The Morgan fingerprint density at radius 3 is 2.48 bits per heavy atom. The van der Waals surface area contributed by atoms with Crippen LogP contribution in [0.5, 0.6) is 0 Å². The van der Waals surface area contributed by atoms with E-state index < -0.39 is 49.7 Å². The summed E-state index contributed by atoms with van der Waals surface area (Å²) in [5.74, 6) is -2.26. The minimum Gasteiger partial charge on any atom is -0.481 e. The van der Waals surface area contributed by atoms with Crippen molar-refractivity contribution in [2.75, 3.05) is 6.61 Å². The van der Waals surface area contributed by atoms with E-state index in [1.54, 1.807) is 0 Å². The maximum atomic E-state index is 13.1. The minimum absolute atomic E-state index is 0.133. The van der Waals surface area contributed by atoms with Crippen molar-refractivity contribution in [1.29, 1.82) is 0 Å². The van der Waals surface area contributed by atoms with Gasteiger partial charge in [0, 0.05) is 6.61 Å². The molecule has 9 heteroatoms. The van der Waals surface area contributed by atoms with E-state index in [0.717, 1.165) is 12.1 Å². The SMILES string of the molecule is CCCO[C@H]1C[C@@H](S(=O)(=O)c2ccccc2C(F)(F)F)C[C@@H]1C(=O)O. The Bertz CT molecular complexity index is 730. The fraction of sp³-hybridized carbons (Fsp3) is 0.562. The highest BCUT2D eigenvalue weighted by Gasteiger charge is 2.47. The molecule has 5 nitrogen and oxygen atoms in total. The zero-order valence-electron chi connectivity index (χ0n) is 13.5. The second-order valence-corrected chi connectivity index (χ2v) is 8.18. The first kappa shape index (κ1) is 19.7. The normalized spacial score (nSPS) is 24.4. The third-order valence-corrected chi connectivity index (χ3v) is 6.48. The molecule has 0 spiro atoms. The Balaban J connectivity index is 2.37. The molecule has 25 heavy (non-hydrogen) atoms. The van der Waals surface area contributed by atoms with Crippen LogP contribution in [0.4, 0.5) is 13.2 Å². The van der Waals surface area contributed by atoms with E-state index in [2.05, 4.69) is 0 Å². The van der Waals surface area contributed by atoms with E-state index in [9.17, 15) is 31.5 Å². The predicted octanol–water partition coefficient (Wildman–Crippen LogP) is 3.14. The molecule has 0 aliphatic heterocycles. The molecule has 0 aromatic heterocycles. The number of carboxylic acid groups (broad SMARTS) is 1. The van der Waals surface area contributed by atoms with Crippen LogP contribution in [0.2, 0.25) is 0 Å². The van der Waals surface area contributed by atoms with Crippen LogP contribution in [0, 0.1) is 5.92 Å². The van der Waals surface area contributed by atoms with Crippen LogP contribution in [-0.2, 0) is 25.5 Å². The molecule has 0 amide bonds. The van der Waals surface area contributed by atoms with E-state index in [1.165, 1.54) is 6.07 Å². The Labute approximate surface area is 143 Å². The Kier molecular flexibility index (Phi) is 5.78. The summed E-state index contributed by atoms with van der Waals surface area (Å²) < 4.78 is 70.3. The molecule has 140 valence electrons. The highest BCUT2D eigenvalue weighted by molar-refractivity contribution is 7.92. The third kappa shape index (κ3) is 4.14. The molecule has 0 radical (unpaired) electrons. The van der Waals surface area contributed by atoms with E-state index >= 15 is 0 Å². The van der Waals surface area contributed by atoms with Crippen molar-refractivity contribution in [2.24, 2.45) is 5.92 Å². The summed E-state index contributed by atoms with van der Waals surface area (Å²) in [5, 5.41) is 8.04. The number of ether oxygens (including phenoxy) is 1. The van der Waals surface area contributed by atoms with Crippen molar-refractivity contribution < 1.29 is 36.2 Å². The Morgan fingerprint density at radius 2 is 1.92 bits per heavy atom. The molecule has 2 rings (SSSR count). The fourth-order valence-corrected chi connectivity index (χ4v) is 5.07. The van der Waals surface area contributed by atoms with E-state index in [-0.39, 0.29) is 19.4 Å². The van der Waals surface area contributed by atoms with Crippen LogP contribution < -0.4 is 0 Å². The highest BCUT2D eigenvalue weighted by atomic mass is 32.2. The summed E-state index contributed by atoms with van der Waals surface area (Å²) in [6, 6.07) is 3.95. The zero-order valence-corrected chi connectivity index (χ0v) is 14.3. The molecular formula is C16H19F3O5S. The smallest absolute Gasteiger partial charge is 0.417 e. The summed E-state index contributed by atoms with van der Waals surface area (Å²) in [4.78, 5) is 10.5. The van der Waals surface area contributed by atoms with Gasteiger partial charge in [-0.05, 0) is 31.4 Å². The summed E-state index contributed by atoms with van der Waals surface area (Å²) in [7, 11) is -4.34. The molecular weight excluding hydrogens is 361 g/mol. The van der Waals surface area contributed by atoms with Gasteiger partial charge in [0.1, 0.15) is 0 Å². The van der Waals surface area contributed by atoms with E-state index in [4.69, 9.17) is 4.74 Å². The molecule has 1 N–H and O–H groups in total. The van der Waals surface area contributed by atoms with Crippen LogP contribution in [0.15, 0.2) is 29.2 Å². The number of alkyl halides is 3. The van der Waals surface area contributed by atoms with Crippen LogP contribution in [-0.4, -0.2) is 37.5 Å². The van der Waals surface area contributed by atoms with E-state index in [1.807, 2.05) is 6.92 Å². The largest absolute Gasteiger partial charge is 0.481 e. The molecule has 1 aromatic carbocycles. The lowest BCUT2D eigenvalue weighted by Gasteiger charge is -2.17. The molecule has 0 unspecified atom stereocenters. The summed E-state index contributed by atoms with van der Waals surface area (Å²) in [6.45, 7) is 2.08. The summed E-state index contributed by atoms with van der Waals surface area (Å²) in [5.41, 5.74) is -1.24. The maximum absolute atomic E-state index is 13.1. The molecule has 1 aliphatic carbocycles. The second kappa shape index (κ2) is 7.33. The van der Waals surface area contributed by atoms with Crippen LogP contribution >= 0.6 is 0 Å². The molecule has 0 saturated heterocycles. The van der Waals surface area contributed by atoms with Crippen molar-refractivity contribution in [2.45, 2.75) is 48.6 Å². The Morgan fingerprint density at radius 1 is 1.28 bits per heavy atom. The van der Waals surface area contributed by atoms with Gasteiger partial charge >= 0.3 is 12.1 Å². The van der Waals surface area contributed by atoms with Gasteiger partial charge in [0.05, 0.1) is 27.7 Å². The van der Waals surface area contributed by atoms with Gasteiger partial charge in [-0.3, -0.25) is 4.79 Å². The van der Waals surface area contributed by atoms with Crippen molar-refractivity contribution in [3.63, 3.8) is 0 Å². The number of aliphatic carboxylic acids is 1. The fourth-order valence-electron chi connectivity index (χ4n) is 3.05. The number of rotatable bonds is 6.